The summed E-state index contributed by atoms with van der Waals surface area (Å²) in [5.74, 6) is -0.368. The second-order valence-electron chi connectivity index (χ2n) is 6.36. The predicted octanol–water partition coefficient (Wildman–Crippen LogP) is 2.60. The van der Waals surface area contributed by atoms with E-state index in [0.717, 1.165) is 11.0 Å². The van der Waals surface area contributed by atoms with Crippen LogP contribution in [-0.4, -0.2) is 24.3 Å². The maximum absolute atomic E-state index is 11.1. The van der Waals surface area contributed by atoms with Crippen LogP contribution in [0.5, 0.6) is 0 Å². The van der Waals surface area contributed by atoms with Gasteiger partial charge in [-0.3, -0.25) is 4.79 Å². The molecule has 0 bridgehead atoms. The second-order valence-corrected chi connectivity index (χ2v) is 6.36. The normalized spacial score (nSPS) is 18.8. The highest BCUT2D eigenvalue weighted by Crippen LogP contribution is 2.36. The number of benzene rings is 1. The monoisotopic (exact) mass is 301 g/mol. The van der Waals surface area contributed by atoms with Crippen molar-refractivity contribution in [3.63, 3.8) is 0 Å². The fraction of sp³-hybridized carbons (Fsp3) is 0.500. The molecule has 0 N–H and O–H groups in total. The van der Waals surface area contributed by atoms with Crippen LogP contribution in [0.2, 0.25) is 0 Å². The molecule has 1 aromatic carbocycles. The molecule has 1 fully saturated rings. The van der Waals surface area contributed by atoms with E-state index in [0.29, 0.717) is 5.69 Å². The van der Waals surface area contributed by atoms with Gasteiger partial charge in [-0.15, -0.1) is 0 Å². The van der Waals surface area contributed by atoms with Crippen molar-refractivity contribution in [3.8, 4) is 0 Å². The molecule has 0 unspecified atom stereocenters. The van der Waals surface area contributed by atoms with Crippen molar-refractivity contribution in [2.24, 2.45) is 0 Å². The van der Waals surface area contributed by atoms with E-state index >= 15 is 0 Å². The molecular formula is C16H20BNO4. The molecule has 1 heterocycles. The van der Waals surface area contributed by atoms with E-state index in [4.69, 9.17) is 20.6 Å². The molecule has 1 aliphatic rings. The zero-order valence-corrected chi connectivity index (χ0v) is 13.6. The fourth-order valence-corrected chi connectivity index (χ4v) is 2.17. The number of esters is 1. The molecule has 116 valence electrons. The Kier molecular flexibility index (Phi) is 4.32. The molecule has 0 atom stereocenters. The third kappa shape index (κ3) is 3.16. The molecule has 0 aromatic heterocycles. The van der Waals surface area contributed by atoms with Crippen LogP contribution in [0.4, 0.5) is 5.69 Å². The van der Waals surface area contributed by atoms with Crippen LogP contribution in [0, 0.1) is 6.57 Å². The lowest BCUT2D eigenvalue weighted by atomic mass is 9.76. The minimum atomic E-state index is -0.546. The first kappa shape index (κ1) is 16.5. The van der Waals surface area contributed by atoms with Crippen molar-refractivity contribution in [2.45, 2.75) is 52.4 Å². The summed E-state index contributed by atoms with van der Waals surface area (Å²) in [6.07, 6.45) is 0. The van der Waals surface area contributed by atoms with Crippen molar-refractivity contribution < 1.29 is 18.8 Å². The predicted molar refractivity (Wildman–Crippen MR) is 83.9 cm³/mol. The zero-order chi connectivity index (χ0) is 16.5. The van der Waals surface area contributed by atoms with Gasteiger partial charge in [0.15, 0.2) is 5.69 Å². The maximum atomic E-state index is 11.1. The zero-order valence-electron chi connectivity index (χ0n) is 13.6. The summed E-state index contributed by atoms with van der Waals surface area (Å²) in [7, 11) is -0.546. The highest BCUT2D eigenvalue weighted by molar-refractivity contribution is 6.62. The molecule has 6 heteroatoms. The number of rotatable bonds is 3. The first-order chi connectivity index (χ1) is 10.2. The van der Waals surface area contributed by atoms with Crippen molar-refractivity contribution >= 4 is 24.2 Å². The smallest absolute Gasteiger partial charge is 0.461 e. The van der Waals surface area contributed by atoms with E-state index < -0.39 is 18.3 Å². The Morgan fingerprint density at radius 2 is 1.86 bits per heavy atom. The summed E-state index contributed by atoms with van der Waals surface area (Å²) in [6.45, 7) is 16.5. The molecule has 0 radical (unpaired) electrons. The third-order valence-corrected chi connectivity index (χ3v) is 4.19. The molecule has 0 spiro atoms. The minimum Gasteiger partial charge on any atom is -0.461 e. The van der Waals surface area contributed by atoms with E-state index in [1.165, 1.54) is 6.92 Å². The number of hydrogen-bond acceptors (Lipinski definition) is 4. The lowest BCUT2D eigenvalue weighted by molar-refractivity contribution is -0.142. The Balaban J connectivity index is 2.35. The van der Waals surface area contributed by atoms with Crippen molar-refractivity contribution in [2.75, 3.05) is 0 Å². The number of nitrogens with zero attached hydrogens (tertiary/aromatic N) is 1. The molecule has 1 aromatic rings. The van der Waals surface area contributed by atoms with Crippen molar-refractivity contribution in [1.82, 2.24) is 0 Å². The van der Waals surface area contributed by atoms with E-state index in [9.17, 15) is 4.79 Å². The van der Waals surface area contributed by atoms with Gasteiger partial charge >= 0.3 is 13.1 Å². The van der Waals surface area contributed by atoms with E-state index in [1.807, 2.05) is 27.7 Å². The van der Waals surface area contributed by atoms with Crippen molar-refractivity contribution in [3.05, 3.63) is 35.2 Å². The van der Waals surface area contributed by atoms with Gasteiger partial charge in [0.25, 0.3) is 0 Å². The average Bonchev–Trinajstić information content (AvgIpc) is 2.64. The Hall–Kier alpha value is -1.84. The Labute approximate surface area is 131 Å². The van der Waals surface area contributed by atoms with Crippen LogP contribution < -0.4 is 5.46 Å². The summed E-state index contributed by atoms with van der Waals surface area (Å²) in [4.78, 5) is 14.5. The van der Waals surface area contributed by atoms with Gasteiger partial charge in [-0.25, -0.2) is 4.85 Å². The minimum absolute atomic E-state index is 0.0953. The standard InChI is InChI=1S/C16H20BNO4/c1-11(19)20-10-12-9-13(18-6)7-8-14(12)17-21-15(2,3)16(4,5)22-17/h7-9H,10H2,1-5H3. The lowest BCUT2D eigenvalue weighted by Gasteiger charge is -2.32. The molecule has 2 rings (SSSR count). The molecule has 1 aliphatic heterocycles. The van der Waals surface area contributed by atoms with Crippen LogP contribution >= 0.6 is 0 Å². The van der Waals surface area contributed by atoms with Crippen molar-refractivity contribution in [1.29, 1.82) is 0 Å². The van der Waals surface area contributed by atoms with Crippen LogP contribution in [-0.2, 0) is 25.4 Å². The van der Waals surface area contributed by atoms with E-state index in [1.54, 1.807) is 18.2 Å². The topological polar surface area (TPSA) is 49.1 Å². The van der Waals surface area contributed by atoms with Gasteiger partial charge < -0.3 is 14.0 Å². The molecular weight excluding hydrogens is 281 g/mol. The van der Waals surface area contributed by atoms with Crippen LogP contribution in [0.25, 0.3) is 4.85 Å². The van der Waals surface area contributed by atoms with Gasteiger partial charge in [-0.1, -0.05) is 18.2 Å². The van der Waals surface area contributed by atoms with Gasteiger partial charge in [-0.05, 0) is 38.7 Å². The number of ether oxygens (including phenoxy) is 1. The molecule has 0 amide bonds. The highest BCUT2D eigenvalue weighted by atomic mass is 16.7. The number of carbonyl (C=O) groups is 1. The first-order valence-corrected chi connectivity index (χ1v) is 7.15. The van der Waals surface area contributed by atoms with Crippen LogP contribution in [0.15, 0.2) is 18.2 Å². The first-order valence-electron chi connectivity index (χ1n) is 7.15. The molecule has 1 saturated heterocycles. The van der Waals surface area contributed by atoms with E-state index in [2.05, 4.69) is 4.85 Å². The molecule has 5 nitrogen and oxygen atoms in total. The highest BCUT2D eigenvalue weighted by Gasteiger charge is 2.52. The summed E-state index contributed by atoms with van der Waals surface area (Å²) < 4.78 is 17.1. The number of carbonyl (C=O) groups excluding carboxylic acids is 1. The Morgan fingerprint density at radius 3 is 2.36 bits per heavy atom. The quantitative estimate of drug-likeness (QED) is 0.489. The SMILES string of the molecule is [C-]#[N+]c1ccc(B2OC(C)(C)C(C)(C)O2)c(COC(C)=O)c1. The molecule has 22 heavy (non-hydrogen) atoms. The van der Waals surface area contributed by atoms with Gasteiger partial charge in [0.2, 0.25) is 0 Å². The third-order valence-electron chi connectivity index (χ3n) is 4.19. The van der Waals surface area contributed by atoms with Gasteiger partial charge in [-0.2, -0.15) is 0 Å². The Bertz CT molecular complexity index is 618. The van der Waals surface area contributed by atoms with Crippen LogP contribution in [0.1, 0.15) is 40.2 Å². The van der Waals surface area contributed by atoms with Gasteiger partial charge in [0.1, 0.15) is 6.61 Å². The number of hydrogen-bond donors (Lipinski definition) is 0. The maximum Gasteiger partial charge on any atom is 0.495 e. The van der Waals surface area contributed by atoms with Gasteiger partial charge in [0, 0.05) is 6.92 Å². The van der Waals surface area contributed by atoms with Gasteiger partial charge in [0.05, 0.1) is 17.8 Å². The fourth-order valence-electron chi connectivity index (χ4n) is 2.17. The van der Waals surface area contributed by atoms with E-state index in [-0.39, 0.29) is 12.6 Å². The Morgan fingerprint density at radius 1 is 1.27 bits per heavy atom. The molecule has 0 saturated carbocycles. The lowest BCUT2D eigenvalue weighted by Crippen LogP contribution is -2.41. The molecule has 0 aliphatic carbocycles. The average molecular weight is 301 g/mol. The summed E-state index contributed by atoms with van der Waals surface area (Å²) in [5.41, 5.74) is 1.10. The second kappa shape index (κ2) is 5.75. The summed E-state index contributed by atoms with van der Waals surface area (Å²) >= 11 is 0. The summed E-state index contributed by atoms with van der Waals surface area (Å²) in [6, 6.07) is 5.22. The summed E-state index contributed by atoms with van der Waals surface area (Å²) in [5, 5.41) is 0. The van der Waals surface area contributed by atoms with Crippen LogP contribution in [0.3, 0.4) is 0 Å². The largest absolute Gasteiger partial charge is 0.495 e.